The van der Waals surface area contributed by atoms with E-state index >= 15 is 4.39 Å². The zero-order chi connectivity index (χ0) is 23.4. The van der Waals surface area contributed by atoms with Gasteiger partial charge in [0.1, 0.15) is 5.82 Å². The van der Waals surface area contributed by atoms with Crippen molar-refractivity contribution in [2.24, 2.45) is 23.7 Å². The van der Waals surface area contributed by atoms with Crippen molar-refractivity contribution in [3.8, 4) is 0 Å². The second-order valence-corrected chi connectivity index (χ2v) is 11.0. The van der Waals surface area contributed by atoms with Gasteiger partial charge in [0.05, 0.1) is 18.3 Å². The molecule has 184 valence electrons. The molecule has 3 aliphatic rings. The molecule has 2 aliphatic carbocycles. The maximum absolute atomic E-state index is 15.3. The van der Waals surface area contributed by atoms with Crippen LogP contribution in [-0.2, 0) is 11.2 Å². The number of hydrogen-bond acceptors (Lipinski definition) is 1. The van der Waals surface area contributed by atoms with Gasteiger partial charge in [-0.2, -0.15) is 0 Å². The van der Waals surface area contributed by atoms with E-state index in [1.54, 1.807) is 6.07 Å². The molecule has 1 saturated heterocycles. The van der Waals surface area contributed by atoms with Crippen molar-refractivity contribution in [2.75, 3.05) is 6.61 Å². The maximum atomic E-state index is 15.3. The molecule has 0 bridgehead atoms. The van der Waals surface area contributed by atoms with E-state index in [0.717, 1.165) is 56.3 Å². The summed E-state index contributed by atoms with van der Waals surface area (Å²) < 4.78 is 49.2. The van der Waals surface area contributed by atoms with Crippen molar-refractivity contribution in [3.63, 3.8) is 0 Å². The summed E-state index contributed by atoms with van der Waals surface area (Å²) in [6, 6.07) is 3.57. The fourth-order valence-electron chi connectivity index (χ4n) is 6.64. The van der Waals surface area contributed by atoms with E-state index in [1.165, 1.54) is 25.7 Å². The molecule has 0 spiro atoms. The van der Waals surface area contributed by atoms with Crippen molar-refractivity contribution in [2.45, 2.75) is 102 Å². The molecule has 0 radical (unpaired) electrons. The van der Waals surface area contributed by atoms with Crippen molar-refractivity contribution in [1.82, 2.24) is 0 Å². The van der Waals surface area contributed by atoms with E-state index in [1.807, 2.05) is 12.1 Å². The van der Waals surface area contributed by atoms with Crippen molar-refractivity contribution < 1.29 is 17.9 Å². The minimum atomic E-state index is -2.77. The van der Waals surface area contributed by atoms with Crippen LogP contribution in [-0.4, -0.2) is 12.7 Å². The fourth-order valence-corrected chi connectivity index (χ4v) is 6.64. The zero-order valence-corrected chi connectivity index (χ0v) is 20.2. The number of halogens is 3. The van der Waals surface area contributed by atoms with Crippen molar-refractivity contribution >= 4 is 0 Å². The third-order valence-corrected chi connectivity index (χ3v) is 8.92. The molecule has 2 unspecified atom stereocenters. The molecule has 1 aliphatic heterocycles. The fraction of sp³-hybridized carbons (Fsp3) is 0.724. The Hall–Kier alpha value is -1.29. The van der Waals surface area contributed by atoms with Gasteiger partial charge < -0.3 is 4.74 Å². The number of benzene rings is 1. The summed E-state index contributed by atoms with van der Waals surface area (Å²) in [5, 5.41) is 0. The molecule has 1 aromatic rings. The number of ether oxygens (including phenoxy) is 1. The molecule has 1 nitrogen and oxygen atoms in total. The standard InChI is InChI=1S/C29H41F3O/c1-3-20-6-15-25(33-18-20)16-13-24-14-17-26(27(28(24)30)29(31)32)23-11-9-22(10-12-23)21-7-4-19(2)5-8-21/h3,14,17,19-23,25,29H,1,4-13,15-16,18H2,2H3. The van der Waals surface area contributed by atoms with Gasteiger partial charge in [-0.25, -0.2) is 13.2 Å². The molecule has 0 N–H and O–H groups in total. The second kappa shape index (κ2) is 11.4. The summed E-state index contributed by atoms with van der Waals surface area (Å²) in [4.78, 5) is 0. The molecule has 4 rings (SSSR count). The summed E-state index contributed by atoms with van der Waals surface area (Å²) in [6.07, 6.45) is 11.6. The van der Waals surface area contributed by atoms with E-state index < -0.39 is 12.2 Å². The van der Waals surface area contributed by atoms with E-state index in [-0.39, 0.29) is 17.6 Å². The van der Waals surface area contributed by atoms with Crippen LogP contribution in [0.25, 0.3) is 0 Å². The molecule has 3 fully saturated rings. The summed E-state index contributed by atoms with van der Waals surface area (Å²) in [5.74, 6) is 2.16. The Kier molecular flexibility index (Phi) is 8.59. The van der Waals surface area contributed by atoms with Crippen LogP contribution in [0.3, 0.4) is 0 Å². The Bertz CT molecular complexity index is 767. The summed E-state index contributed by atoms with van der Waals surface area (Å²) in [7, 11) is 0. The number of rotatable bonds is 7. The van der Waals surface area contributed by atoms with E-state index in [4.69, 9.17) is 4.74 Å². The van der Waals surface area contributed by atoms with Crippen LogP contribution in [0.2, 0.25) is 0 Å². The molecule has 2 atom stereocenters. The molecule has 0 amide bonds. The first-order valence-corrected chi connectivity index (χ1v) is 13.3. The van der Waals surface area contributed by atoms with Gasteiger partial charge in [0, 0.05) is 5.92 Å². The maximum Gasteiger partial charge on any atom is 0.266 e. The Morgan fingerprint density at radius 2 is 1.64 bits per heavy atom. The molecule has 33 heavy (non-hydrogen) atoms. The van der Waals surface area contributed by atoms with E-state index in [9.17, 15) is 8.78 Å². The van der Waals surface area contributed by atoms with Gasteiger partial charge in [-0.15, -0.1) is 6.58 Å². The van der Waals surface area contributed by atoms with E-state index in [2.05, 4.69) is 13.5 Å². The van der Waals surface area contributed by atoms with Gasteiger partial charge in [-0.3, -0.25) is 0 Å². The SMILES string of the molecule is C=CC1CCC(CCc2ccc(C3CCC(C4CCC(C)CC4)CC3)c(C(F)F)c2F)OC1. The highest BCUT2D eigenvalue weighted by atomic mass is 19.3. The normalized spacial score (nSPS) is 33.2. The number of alkyl halides is 2. The first-order valence-electron chi connectivity index (χ1n) is 13.3. The van der Waals surface area contributed by atoms with Crippen molar-refractivity contribution in [3.05, 3.63) is 47.3 Å². The van der Waals surface area contributed by atoms with Crippen LogP contribution >= 0.6 is 0 Å². The molecule has 4 heteroatoms. The minimum absolute atomic E-state index is 0.0637. The zero-order valence-electron chi connectivity index (χ0n) is 20.2. The van der Waals surface area contributed by atoms with E-state index in [0.29, 0.717) is 36.5 Å². The van der Waals surface area contributed by atoms with Crippen LogP contribution < -0.4 is 0 Å². The molecule has 1 heterocycles. The Morgan fingerprint density at radius 3 is 2.21 bits per heavy atom. The highest BCUT2D eigenvalue weighted by Crippen LogP contribution is 2.46. The van der Waals surface area contributed by atoms with Gasteiger partial charge in [0.25, 0.3) is 6.43 Å². The van der Waals surface area contributed by atoms with Crippen LogP contribution in [0, 0.1) is 29.5 Å². The Morgan fingerprint density at radius 1 is 0.970 bits per heavy atom. The summed E-state index contributed by atoms with van der Waals surface area (Å²) >= 11 is 0. The average molecular weight is 463 g/mol. The highest BCUT2D eigenvalue weighted by Gasteiger charge is 2.33. The lowest BCUT2D eigenvalue weighted by Gasteiger charge is -2.37. The number of hydrogen-bond donors (Lipinski definition) is 0. The molecule has 0 aromatic heterocycles. The third-order valence-electron chi connectivity index (χ3n) is 8.92. The smallest absolute Gasteiger partial charge is 0.266 e. The van der Waals surface area contributed by atoms with Gasteiger partial charge in [-0.05, 0) is 99.0 Å². The monoisotopic (exact) mass is 462 g/mol. The highest BCUT2D eigenvalue weighted by molar-refractivity contribution is 5.37. The summed E-state index contributed by atoms with van der Waals surface area (Å²) in [6.45, 7) is 6.82. The van der Waals surface area contributed by atoms with Crippen LogP contribution in [0.4, 0.5) is 13.2 Å². The molecular formula is C29H41F3O. The molecular weight excluding hydrogens is 421 g/mol. The summed E-state index contributed by atoms with van der Waals surface area (Å²) in [5.41, 5.74) is 0.636. The molecule has 1 aromatic carbocycles. The van der Waals surface area contributed by atoms with Gasteiger partial charge in [0.15, 0.2) is 0 Å². The lowest BCUT2D eigenvalue weighted by molar-refractivity contribution is -0.00789. The first kappa shape index (κ1) is 24.8. The quantitative estimate of drug-likeness (QED) is 0.368. The third kappa shape index (κ3) is 6.05. The minimum Gasteiger partial charge on any atom is -0.378 e. The Balaban J connectivity index is 1.37. The van der Waals surface area contributed by atoms with Crippen molar-refractivity contribution in [1.29, 1.82) is 0 Å². The van der Waals surface area contributed by atoms with Crippen LogP contribution in [0.1, 0.15) is 107 Å². The van der Waals surface area contributed by atoms with Gasteiger partial charge >= 0.3 is 0 Å². The largest absolute Gasteiger partial charge is 0.378 e. The molecule has 2 saturated carbocycles. The predicted octanol–water partition coefficient (Wildman–Crippen LogP) is 8.78. The topological polar surface area (TPSA) is 9.23 Å². The average Bonchev–Trinajstić information content (AvgIpc) is 2.84. The predicted molar refractivity (Wildman–Crippen MR) is 128 cm³/mol. The first-order chi connectivity index (χ1) is 16.0. The van der Waals surface area contributed by atoms with Crippen LogP contribution in [0.15, 0.2) is 24.8 Å². The lowest BCUT2D eigenvalue weighted by atomic mass is 9.68. The van der Waals surface area contributed by atoms with Gasteiger partial charge in [0.2, 0.25) is 0 Å². The van der Waals surface area contributed by atoms with Gasteiger partial charge in [-0.1, -0.05) is 38.0 Å². The second-order valence-electron chi connectivity index (χ2n) is 11.0. The Labute approximate surface area is 198 Å². The number of aryl methyl sites for hydroxylation is 1. The lowest BCUT2D eigenvalue weighted by Crippen LogP contribution is -2.25. The van der Waals surface area contributed by atoms with Crippen LogP contribution in [0.5, 0.6) is 0 Å².